The van der Waals surface area contributed by atoms with E-state index in [4.69, 9.17) is 10.3 Å². The van der Waals surface area contributed by atoms with E-state index in [0.29, 0.717) is 11.7 Å². The van der Waals surface area contributed by atoms with Gasteiger partial charge >= 0.3 is 0 Å². The van der Waals surface area contributed by atoms with Gasteiger partial charge in [0.05, 0.1) is 6.04 Å². The van der Waals surface area contributed by atoms with Crippen LogP contribution in [-0.2, 0) is 0 Å². The highest BCUT2D eigenvalue weighted by Crippen LogP contribution is 2.21. The number of hydrogen-bond acceptors (Lipinski definition) is 4. The molecule has 0 aliphatic rings. The molecule has 0 radical (unpaired) electrons. The fourth-order valence-corrected chi connectivity index (χ4v) is 1.75. The summed E-state index contributed by atoms with van der Waals surface area (Å²) in [6.07, 6.45) is 0. The Bertz CT molecular complexity index is 505. The van der Waals surface area contributed by atoms with Gasteiger partial charge in [0.1, 0.15) is 0 Å². The second-order valence-corrected chi connectivity index (χ2v) is 4.01. The Morgan fingerprint density at radius 3 is 2.56 bits per heavy atom. The molecule has 84 valence electrons. The van der Waals surface area contributed by atoms with Crippen LogP contribution in [0.4, 0.5) is 0 Å². The van der Waals surface area contributed by atoms with Crippen molar-refractivity contribution < 1.29 is 4.52 Å². The Morgan fingerprint density at radius 2 is 2.00 bits per heavy atom. The van der Waals surface area contributed by atoms with Crippen molar-refractivity contribution in [3.05, 3.63) is 46.6 Å². The van der Waals surface area contributed by atoms with E-state index in [1.54, 1.807) is 6.92 Å². The molecule has 0 bridgehead atoms. The standard InChI is InChI=1S/C12H15N3O/c1-7-4-5-10(8(2)6-7)11(13)12-14-9(3)16-15-12/h4-6,11H,13H2,1-3H3. The predicted molar refractivity (Wildman–Crippen MR) is 61.0 cm³/mol. The number of hydrogen-bond donors (Lipinski definition) is 1. The first-order chi connectivity index (χ1) is 7.58. The highest BCUT2D eigenvalue weighted by atomic mass is 16.5. The molecule has 16 heavy (non-hydrogen) atoms. The average molecular weight is 217 g/mol. The van der Waals surface area contributed by atoms with Crippen molar-refractivity contribution in [2.24, 2.45) is 5.73 Å². The van der Waals surface area contributed by atoms with Crippen molar-refractivity contribution in [3.8, 4) is 0 Å². The van der Waals surface area contributed by atoms with Gasteiger partial charge in [-0.2, -0.15) is 4.98 Å². The van der Waals surface area contributed by atoms with Crippen molar-refractivity contribution in [2.45, 2.75) is 26.8 Å². The molecule has 0 saturated heterocycles. The summed E-state index contributed by atoms with van der Waals surface area (Å²) in [7, 11) is 0. The van der Waals surface area contributed by atoms with Crippen LogP contribution >= 0.6 is 0 Å². The second-order valence-electron chi connectivity index (χ2n) is 4.01. The molecule has 2 rings (SSSR count). The average Bonchev–Trinajstić information content (AvgIpc) is 2.64. The number of rotatable bonds is 2. The van der Waals surface area contributed by atoms with Gasteiger partial charge in [0.2, 0.25) is 5.89 Å². The van der Waals surface area contributed by atoms with E-state index in [0.717, 1.165) is 11.1 Å². The molecule has 0 saturated carbocycles. The molecule has 4 heteroatoms. The van der Waals surface area contributed by atoms with Crippen molar-refractivity contribution in [2.75, 3.05) is 0 Å². The van der Waals surface area contributed by atoms with Gasteiger partial charge in [-0.25, -0.2) is 0 Å². The lowest BCUT2D eigenvalue weighted by atomic mass is 9.99. The van der Waals surface area contributed by atoms with Gasteiger partial charge in [-0.3, -0.25) is 0 Å². The first-order valence-corrected chi connectivity index (χ1v) is 5.21. The van der Waals surface area contributed by atoms with Gasteiger partial charge in [-0.1, -0.05) is 28.9 Å². The van der Waals surface area contributed by atoms with Crippen LogP contribution in [0, 0.1) is 20.8 Å². The molecule has 2 aromatic rings. The Kier molecular flexibility index (Phi) is 2.75. The van der Waals surface area contributed by atoms with Crippen LogP contribution in [0.1, 0.15) is 34.4 Å². The molecule has 0 aliphatic heterocycles. The lowest BCUT2D eigenvalue weighted by Gasteiger charge is -2.11. The monoisotopic (exact) mass is 217 g/mol. The lowest BCUT2D eigenvalue weighted by molar-refractivity contribution is 0.385. The Labute approximate surface area is 94.5 Å². The van der Waals surface area contributed by atoms with Gasteiger partial charge in [-0.05, 0) is 25.0 Å². The zero-order valence-corrected chi connectivity index (χ0v) is 9.69. The second kappa shape index (κ2) is 4.06. The first-order valence-electron chi connectivity index (χ1n) is 5.21. The smallest absolute Gasteiger partial charge is 0.223 e. The Balaban J connectivity index is 2.37. The van der Waals surface area contributed by atoms with E-state index >= 15 is 0 Å². The van der Waals surface area contributed by atoms with Crippen LogP contribution in [0.3, 0.4) is 0 Å². The maximum atomic E-state index is 6.10. The third-order valence-electron chi connectivity index (χ3n) is 2.58. The van der Waals surface area contributed by atoms with Crippen LogP contribution < -0.4 is 5.73 Å². The van der Waals surface area contributed by atoms with E-state index in [9.17, 15) is 0 Å². The van der Waals surface area contributed by atoms with Crippen LogP contribution in [0.5, 0.6) is 0 Å². The zero-order chi connectivity index (χ0) is 11.7. The molecular formula is C12H15N3O. The van der Waals surface area contributed by atoms with Gasteiger partial charge in [0.15, 0.2) is 5.82 Å². The fraction of sp³-hybridized carbons (Fsp3) is 0.333. The van der Waals surface area contributed by atoms with Gasteiger partial charge in [0.25, 0.3) is 0 Å². The van der Waals surface area contributed by atoms with Crippen LogP contribution in [0.25, 0.3) is 0 Å². The van der Waals surface area contributed by atoms with E-state index in [1.807, 2.05) is 19.1 Å². The molecule has 0 aliphatic carbocycles. The largest absolute Gasteiger partial charge is 0.340 e. The molecule has 1 atom stereocenters. The number of nitrogens with two attached hydrogens (primary N) is 1. The van der Waals surface area contributed by atoms with Gasteiger partial charge < -0.3 is 10.3 Å². The zero-order valence-electron chi connectivity index (χ0n) is 9.69. The molecule has 1 aromatic carbocycles. The molecule has 0 amide bonds. The van der Waals surface area contributed by atoms with Gasteiger partial charge in [-0.15, -0.1) is 0 Å². The number of aromatic nitrogens is 2. The summed E-state index contributed by atoms with van der Waals surface area (Å²) in [6.45, 7) is 5.85. The van der Waals surface area contributed by atoms with Crippen LogP contribution in [-0.4, -0.2) is 10.1 Å². The Hall–Kier alpha value is -1.68. The molecule has 4 nitrogen and oxygen atoms in total. The normalized spacial score (nSPS) is 12.8. The molecule has 1 heterocycles. The van der Waals surface area contributed by atoms with Crippen LogP contribution in [0.2, 0.25) is 0 Å². The number of benzene rings is 1. The molecule has 0 fully saturated rings. The van der Waals surface area contributed by atoms with Crippen LogP contribution in [0.15, 0.2) is 22.7 Å². The topological polar surface area (TPSA) is 64.9 Å². The maximum absolute atomic E-state index is 6.10. The SMILES string of the molecule is Cc1ccc(C(N)c2noc(C)n2)c(C)c1. The minimum absolute atomic E-state index is 0.321. The fourth-order valence-electron chi connectivity index (χ4n) is 1.75. The summed E-state index contributed by atoms with van der Waals surface area (Å²) >= 11 is 0. The molecule has 1 aromatic heterocycles. The van der Waals surface area contributed by atoms with E-state index in [1.165, 1.54) is 5.56 Å². The van der Waals surface area contributed by atoms with Crippen molar-refractivity contribution in [3.63, 3.8) is 0 Å². The highest BCUT2D eigenvalue weighted by Gasteiger charge is 2.16. The van der Waals surface area contributed by atoms with Gasteiger partial charge in [0, 0.05) is 6.92 Å². The molecule has 2 N–H and O–H groups in total. The van der Waals surface area contributed by atoms with E-state index in [2.05, 4.69) is 23.1 Å². The Morgan fingerprint density at radius 1 is 1.25 bits per heavy atom. The minimum Gasteiger partial charge on any atom is -0.340 e. The minimum atomic E-state index is -0.321. The maximum Gasteiger partial charge on any atom is 0.223 e. The van der Waals surface area contributed by atoms with E-state index < -0.39 is 0 Å². The third kappa shape index (κ3) is 1.97. The molecule has 1 unspecified atom stereocenters. The summed E-state index contributed by atoms with van der Waals surface area (Å²) in [4.78, 5) is 4.15. The summed E-state index contributed by atoms with van der Waals surface area (Å²) in [5.74, 6) is 1.07. The molecular weight excluding hydrogens is 202 g/mol. The van der Waals surface area contributed by atoms with Crippen molar-refractivity contribution in [1.29, 1.82) is 0 Å². The van der Waals surface area contributed by atoms with Crippen molar-refractivity contribution >= 4 is 0 Å². The summed E-state index contributed by atoms with van der Waals surface area (Å²) < 4.78 is 4.93. The summed E-state index contributed by atoms with van der Waals surface area (Å²) in [6, 6.07) is 5.83. The van der Waals surface area contributed by atoms with Crippen molar-refractivity contribution in [1.82, 2.24) is 10.1 Å². The quantitative estimate of drug-likeness (QED) is 0.836. The van der Waals surface area contributed by atoms with E-state index in [-0.39, 0.29) is 6.04 Å². The summed E-state index contributed by atoms with van der Waals surface area (Å²) in [5.41, 5.74) is 9.50. The predicted octanol–water partition coefficient (Wildman–Crippen LogP) is 2.04. The third-order valence-corrected chi connectivity index (χ3v) is 2.58. The molecule has 0 spiro atoms. The lowest BCUT2D eigenvalue weighted by Crippen LogP contribution is -2.15. The number of nitrogens with zero attached hydrogens (tertiary/aromatic N) is 2. The first kappa shape index (κ1) is 10.8. The summed E-state index contributed by atoms with van der Waals surface area (Å²) in [5, 5.41) is 3.84. The number of aryl methyl sites for hydroxylation is 3. The highest BCUT2D eigenvalue weighted by molar-refractivity contribution is 5.35.